The standard InChI is InChI=1S/C15H22N2O3/c1-10(2)15(4,14(19)20)9-13(18)17-11(3)12-5-7-16-8-6-12/h5-8,10-11H,9H2,1-4H3,(H,17,18)(H,19,20). The summed E-state index contributed by atoms with van der Waals surface area (Å²) in [6, 6.07) is 3.48. The van der Waals surface area contributed by atoms with E-state index in [1.165, 1.54) is 0 Å². The van der Waals surface area contributed by atoms with Crippen molar-refractivity contribution in [2.24, 2.45) is 11.3 Å². The molecule has 0 bridgehead atoms. The predicted molar refractivity (Wildman–Crippen MR) is 76.0 cm³/mol. The van der Waals surface area contributed by atoms with Gasteiger partial charge in [-0.3, -0.25) is 14.6 Å². The molecule has 0 aromatic carbocycles. The van der Waals surface area contributed by atoms with Crippen molar-refractivity contribution >= 4 is 11.9 Å². The fraction of sp³-hybridized carbons (Fsp3) is 0.533. The van der Waals surface area contributed by atoms with Gasteiger partial charge in [0, 0.05) is 18.8 Å². The van der Waals surface area contributed by atoms with Gasteiger partial charge in [-0.05, 0) is 37.5 Å². The van der Waals surface area contributed by atoms with Gasteiger partial charge in [-0.15, -0.1) is 0 Å². The second-order valence-corrected chi connectivity index (χ2v) is 5.62. The molecule has 0 radical (unpaired) electrons. The van der Waals surface area contributed by atoms with Crippen LogP contribution in [0.25, 0.3) is 0 Å². The van der Waals surface area contributed by atoms with Gasteiger partial charge >= 0.3 is 5.97 Å². The van der Waals surface area contributed by atoms with E-state index >= 15 is 0 Å². The molecule has 20 heavy (non-hydrogen) atoms. The molecule has 0 saturated heterocycles. The van der Waals surface area contributed by atoms with Crippen molar-refractivity contribution in [3.05, 3.63) is 30.1 Å². The lowest BCUT2D eigenvalue weighted by Crippen LogP contribution is -2.39. The van der Waals surface area contributed by atoms with Gasteiger partial charge in [0.2, 0.25) is 5.91 Å². The molecule has 2 unspecified atom stereocenters. The van der Waals surface area contributed by atoms with Crippen molar-refractivity contribution in [3.8, 4) is 0 Å². The van der Waals surface area contributed by atoms with Crippen molar-refractivity contribution in [3.63, 3.8) is 0 Å². The summed E-state index contributed by atoms with van der Waals surface area (Å²) in [7, 11) is 0. The summed E-state index contributed by atoms with van der Waals surface area (Å²) in [4.78, 5) is 27.3. The van der Waals surface area contributed by atoms with E-state index in [2.05, 4.69) is 10.3 Å². The summed E-state index contributed by atoms with van der Waals surface area (Å²) in [5, 5.41) is 12.1. The van der Waals surface area contributed by atoms with Gasteiger partial charge < -0.3 is 10.4 Å². The second kappa shape index (κ2) is 6.50. The number of carbonyl (C=O) groups is 2. The SMILES string of the molecule is CC(NC(=O)CC(C)(C(=O)O)C(C)C)c1ccncc1. The first-order chi connectivity index (χ1) is 9.27. The van der Waals surface area contributed by atoms with E-state index in [4.69, 9.17) is 0 Å². The minimum atomic E-state index is -1.05. The molecule has 5 nitrogen and oxygen atoms in total. The van der Waals surface area contributed by atoms with E-state index in [1.54, 1.807) is 19.3 Å². The molecule has 5 heteroatoms. The van der Waals surface area contributed by atoms with Crippen LogP contribution in [0.5, 0.6) is 0 Å². The van der Waals surface area contributed by atoms with Crippen LogP contribution < -0.4 is 5.32 Å². The van der Waals surface area contributed by atoms with Gasteiger partial charge in [0.1, 0.15) is 0 Å². The van der Waals surface area contributed by atoms with Crippen molar-refractivity contribution in [1.29, 1.82) is 0 Å². The number of aliphatic carboxylic acids is 1. The van der Waals surface area contributed by atoms with Crippen molar-refractivity contribution in [1.82, 2.24) is 10.3 Å². The number of amides is 1. The Hall–Kier alpha value is -1.91. The molecule has 1 heterocycles. The van der Waals surface area contributed by atoms with E-state index in [9.17, 15) is 14.7 Å². The zero-order valence-corrected chi connectivity index (χ0v) is 12.4. The van der Waals surface area contributed by atoms with Crippen LogP contribution in [-0.4, -0.2) is 22.0 Å². The summed E-state index contributed by atoms with van der Waals surface area (Å²) in [5.74, 6) is -1.32. The van der Waals surface area contributed by atoms with Crippen LogP contribution in [0.3, 0.4) is 0 Å². The molecule has 2 atom stereocenters. The number of nitrogens with one attached hydrogen (secondary N) is 1. The molecule has 110 valence electrons. The van der Waals surface area contributed by atoms with Gasteiger partial charge in [-0.2, -0.15) is 0 Å². The Morgan fingerprint density at radius 1 is 1.30 bits per heavy atom. The third-order valence-electron chi connectivity index (χ3n) is 3.87. The number of carboxylic acids is 1. The Morgan fingerprint density at radius 2 is 1.85 bits per heavy atom. The first-order valence-electron chi connectivity index (χ1n) is 6.70. The molecule has 1 amide bonds. The molecule has 0 spiro atoms. The van der Waals surface area contributed by atoms with E-state index in [0.29, 0.717) is 0 Å². The third-order valence-corrected chi connectivity index (χ3v) is 3.87. The molecule has 1 rings (SSSR count). The number of aromatic nitrogens is 1. The molecule has 0 fully saturated rings. The zero-order chi connectivity index (χ0) is 15.3. The highest BCUT2D eigenvalue weighted by Gasteiger charge is 2.38. The average molecular weight is 278 g/mol. The lowest BCUT2D eigenvalue weighted by atomic mass is 9.76. The first kappa shape index (κ1) is 16.1. The van der Waals surface area contributed by atoms with Crippen LogP contribution in [0.15, 0.2) is 24.5 Å². The van der Waals surface area contributed by atoms with Crippen LogP contribution >= 0.6 is 0 Å². The molecular formula is C15H22N2O3. The Kier molecular flexibility index (Phi) is 5.25. The highest BCUT2D eigenvalue weighted by Crippen LogP contribution is 2.31. The first-order valence-corrected chi connectivity index (χ1v) is 6.70. The monoisotopic (exact) mass is 278 g/mol. The largest absolute Gasteiger partial charge is 0.481 e. The summed E-state index contributed by atoms with van der Waals surface area (Å²) < 4.78 is 0. The summed E-state index contributed by atoms with van der Waals surface area (Å²) in [5.41, 5.74) is -0.114. The van der Waals surface area contributed by atoms with E-state index in [0.717, 1.165) is 5.56 Å². The number of rotatable bonds is 6. The van der Waals surface area contributed by atoms with Gasteiger partial charge in [-0.25, -0.2) is 0 Å². The van der Waals surface area contributed by atoms with Gasteiger partial charge in [0.15, 0.2) is 0 Å². The maximum absolute atomic E-state index is 12.1. The molecule has 0 aliphatic rings. The Morgan fingerprint density at radius 3 is 2.30 bits per heavy atom. The number of hydrogen-bond donors (Lipinski definition) is 2. The van der Waals surface area contributed by atoms with Crippen LogP contribution in [0.4, 0.5) is 0 Å². The molecule has 0 aliphatic carbocycles. The number of carbonyl (C=O) groups excluding carboxylic acids is 1. The topological polar surface area (TPSA) is 79.3 Å². The lowest BCUT2D eigenvalue weighted by Gasteiger charge is -2.29. The maximum Gasteiger partial charge on any atom is 0.310 e. The third kappa shape index (κ3) is 3.79. The number of carboxylic acid groups (broad SMARTS) is 1. The Balaban J connectivity index is 2.70. The van der Waals surface area contributed by atoms with Gasteiger partial charge in [-0.1, -0.05) is 13.8 Å². The Bertz CT molecular complexity index is 473. The molecule has 2 N–H and O–H groups in total. The van der Waals surface area contributed by atoms with Crippen LogP contribution in [0.1, 0.15) is 45.7 Å². The second-order valence-electron chi connectivity index (χ2n) is 5.62. The minimum Gasteiger partial charge on any atom is -0.481 e. The van der Waals surface area contributed by atoms with Gasteiger partial charge in [0.25, 0.3) is 0 Å². The van der Waals surface area contributed by atoms with Crippen molar-refractivity contribution in [2.75, 3.05) is 0 Å². The smallest absolute Gasteiger partial charge is 0.310 e. The highest BCUT2D eigenvalue weighted by molar-refractivity contribution is 5.85. The summed E-state index contributed by atoms with van der Waals surface area (Å²) in [6.45, 7) is 7.10. The number of hydrogen-bond acceptors (Lipinski definition) is 3. The zero-order valence-electron chi connectivity index (χ0n) is 12.4. The van der Waals surface area contributed by atoms with E-state index in [1.807, 2.05) is 32.9 Å². The maximum atomic E-state index is 12.1. The number of nitrogens with zero attached hydrogens (tertiary/aromatic N) is 1. The fourth-order valence-electron chi connectivity index (χ4n) is 1.89. The molecule has 0 aliphatic heterocycles. The molecular weight excluding hydrogens is 256 g/mol. The minimum absolute atomic E-state index is 0.0323. The summed E-state index contributed by atoms with van der Waals surface area (Å²) >= 11 is 0. The molecule has 1 aromatic heterocycles. The average Bonchev–Trinajstić information content (AvgIpc) is 2.38. The highest BCUT2D eigenvalue weighted by atomic mass is 16.4. The van der Waals surface area contributed by atoms with Crippen LogP contribution in [0.2, 0.25) is 0 Å². The molecule has 0 saturated carbocycles. The van der Waals surface area contributed by atoms with E-state index < -0.39 is 11.4 Å². The van der Waals surface area contributed by atoms with Crippen LogP contribution in [-0.2, 0) is 9.59 Å². The number of pyridine rings is 1. The van der Waals surface area contributed by atoms with Crippen LogP contribution in [0, 0.1) is 11.3 Å². The van der Waals surface area contributed by atoms with Gasteiger partial charge in [0.05, 0.1) is 11.5 Å². The predicted octanol–water partition coefficient (Wildman–Crippen LogP) is 2.40. The Labute approximate surface area is 119 Å². The normalized spacial score (nSPS) is 15.4. The quantitative estimate of drug-likeness (QED) is 0.837. The fourth-order valence-corrected chi connectivity index (χ4v) is 1.89. The summed E-state index contributed by atoms with van der Waals surface area (Å²) in [6.07, 6.45) is 3.29. The van der Waals surface area contributed by atoms with E-state index in [-0.39, 0.29) is 24.3 Å². The van der Waals surface area contributed by atoms with Crippen molar-refractivity contribution in [2.45, 2.75) is 40.2 Å². The van der Waals surface area contributed by atoms with Crippen molar-refractivity contribution < 1.29 is 14.7 Å². The lowest BCUT2D eigenvalue weighted by molar-refractivity contribution is -0.153. The molecule has 1 aromatic rings.